The molecule has 12 nitrogen and oxygen atoms in total. The van der Waals surface area contributed by atoms with Crippen LogP contribution in [0, 0.1) is 11.8 Å². The largest absolute Gasteiger partial charge is 0.384 e. The summed E-state index contributed by atoms with van der Waals surface area (Å²) in [6.45, 7) is 26.7. The van der Waals surface area contributed by atoms with Crippen molar-refractivity contribution < 1.29 is 0 Å². The molecule has 6 rings (SSSR count). The van der Waals surface area contributed by atoms with Crippen molar-refractivity contribution in [2.45, 2.75) is 78.0 Å². The van der Waals surface area contributed by atoms with E-state index < -0.39 is 0 Å². The first kappa shape index (κ1) is 44.0. The zero-order valence-electron chi connectivity index (χ0n) is 35.3. The maximum absolute atomic E-state index is 5.77. The average molecular weight is 773 g/mol. The van der Waals surface area contributed by atoms with Crippen molar-refractivity contribution in [2.24, 2.45) is 11.8 Å². The molecule has 12 heteroatoms. The van der Waals surface area contributed by atoms with Gasteiger partial charge in [0.1, 0.15) is 47.3 Å². The second kappa shape index (κ2) is 19.4. The summed E-state index contributed by atoms with van der Waals surface area (Å²) >= 11 is 0. The quantitative estimate of drug-likeness (QED) is 0.0623. The van der Waals surface area contributed by atoms with Gasteiger partial charge in [-0.3, -0.25) is 10.6 Å². The molecule has 0 amide bonds. The van der Waals surface area contributed by atoms with Crippen LogP contribution in [0.5, 0.6) is 0 Å². The highest BCUT2D eigenvalue weighted by Crippen LogP contribution is 2.46. The number of rotatable bonds is 14. The van der Waals surface area contributed by atoms with Crippen LogP contribution in [0.1, 0.15) is 66.7 Å². The molecule has 3 atom stereocenters. The summed E-state index contributed by atoms with van der Waals surface area (Å²) in [6, 6.07) is 3.39. The average Bonchev–Trinajstić information content (AvgIpc) is 3.84. The maximum Gasteiger partial charge on any atom is 0.135 e. The fraction of sp³-hybridized carbons (Fsp3) is 0.378. The Morgan fingerprint density at radius 1 is 0.965 bits per heavy atom. The van der Waals surface area contributed by atoms with Crippen LogP contribution in [-0.2, 0) is 0 Å². The Kier molecular flexibility index (Phi) is 15.0. The third-order valence-corrected chi connectivity index (χ3v) is 10.9. The smallest absolute Gasteiger partial charge is 0.135 e. The molecular formula is C45H64N12. The number of hydrogen-bond donors (Lipinski definition) is 6. The Morgan fingerprint density at radius 3 is 2.14 bits per heavy atom. The number of nitrogens with zero attached hydrogens (tertiary/aromatic N) is 6. The highest BCUT2D eigenvalue weighted by atomic mass is 15.3. The minimum absolute atomic E-state index is 0.200. The number of nitrogen functional groups attached to an aromatic ring is 2. The van der Waals surface area contributed by atoms with Crippen LogP contribution >= 0.6 is 0 Å². The molecule has 3 heterocycles. The molecule has 304 valence electrons. The van der Waals surface area contributed by atoms with E-state index in [-0.39, 0.29) is 11.3 Å². The van der Waals surface area contributed by atoms with Crippen molar-refractivity contribution in [3.05, 3.63) is 145 Å². The molecule has 57 heavy (non-hydrogen) atoms. The summed E-state index contributed by atoms with van der Waals surface area (Å²) in [5.74, 6) is 3.60. The van der Waals surface area contributed by atoms with E-state index in [0.717, 1.165) is 64.8 Å². The fourth-order valence-corrected chi connectivity index (χ4v) is 7.68. The molecule has 0 radical (unpaired) electrons. The second-order valence-electron chi connectivity index (χ2n) is 14.6. The van der Waals surface area contributed by atoms with Gasteiger partial charge in [-0.25, -0.2) is 19.9 Å². The van der Waals surface area contributed by atoms with Crippen LogP contribution < -0.4 is 32.7 Å². The molecule has 1 saturated carbocycles. The predicted octanol–water partition coefficient (Wildman–Crippen LogP) is 8.16. The molecule has 0 saturated heterocycles. The van der Waals surface area contributed by atoms with E-state index in [1.54, 1.807) is 18.2 Å². The van der Waals surface area contributed by atoms with E-state index in [4.69, 9.17) is 11.5 Å². The van der Waals surface area contributed by atoms with Gasteiger partial charge in [-0.1, -0.05) is 51.8 Å². The number of nitrogens with one attached hydrogen (secondary N) is 4. The van der Waals surface area contributed by atoms with E-state index in [9.17, 15) is 0 Å². The standard InChI is InChI=1S/C23H32N6.C20H26N6.C2H6/c1-6-19(28-22-13-21(24)26-15-27-22)12-16(3)20(7-2)29(5)23(25-4)11-10-18(14-23)17-8-9-17;1-6-17-14(3)9-16(25-19-10-18(21)23-12-24-19)15(4)26(17)20(22-5)8-7-13(2)11-20;1-2/h6-7,10-13,15,17-18,25H,1-2,8-9,14H2,3-5H3,(H3,24,26,27,28);6,9-12,22H,1,4,7-8H2,2-3,5H3,(H3,21,23,24,25);1-2H3/b19-12+,20-16-;;. The van der Waals surface area contributed by atoms with Gasteiger partial charge in [0.25, 0.3) is 0 Å². The van der Waals surface area contributed by atoms with Gasteiger partial charge in [-0.2, -0.15) is 0 Å². The highest BCUT2D eigenvalue weighted by Gasteiger charge is 2.43. The number of hydrogen-bond acceptors (Lipinski definition) is 12. The van der Waals surface area contributed by atoms with Crippen LogP contribution in [0.15, 0.2) is 145 Å². The third-order valence-electron chi connectivity index (χ3n) is 10.9. The van der Waals surface area contributed by atoms with E-state index >= 15 is 0 Å². The Balaban J connectivity index is 0.000000243. The normalized spacial score (nSPS) is 23.2. The van der Waals surface area contributed by atoms with Crippen LogP contribution in [0.3, 0.4) is 0 Å². The number of allylic oxidation sites excluding steroid dienone is 9. The molecule has 2 aromatic rings. The van der Waals surface area contributed by atoms with Gasteiger partial charge in [0.15, 0.2) is 0 Å². The first-order valence-electron chi connectivity index (χ1n) is 19.7. The van der Waals surface area contributed by atoms with Crippen molar-refractivity contribution >= 4 is 23.3 Å². The number of likely N-dealkylation sites (N-methyl/N-ethyl adjacent to an activating group) is 3. The van der Waals surface area contributed by atoms with Crippen LogP contribution in [-0.4, -0.2) is 62.2 Å². The van der Waals surface area contributed by atoms with E-state index in [1.807, 2.05) is 46.2 Å². The molecule has 3 unspecified atom stereocenters. The van der Waals surface area contributed by atoms with E-state index in [0.29, 0.717) is 29.2 Å². The number of aromatic nitrogens is 4. The van der Waals surface area contributed by atoms with Gasteiger partial charge in [0.05, 0.1) is 11.4 Å². The Labute approximate surface area is 340 Å². The first-order chi connectivity index (χ1) is 27.3. The van der Waals surface area contributed by atoms with Crippen molar-refractivity contribution in [3.8, 4) is 0 Å². The topological polar surface area (TPSA) is 158 Å². The van der Waals surface area contributed by atoms with Crippen LogP contribution in [0.2, 0.25) is 0 Å². The lowest BCUT2D eigenvalue weighted by molar-refractivity contribution is 0.166. The van der Waals surface area contributed by atoms with Gasteiger partial charge < -0.3 is 31.9 Å². The number of nitrogens with two attached hydrogens (primary N) is 2. The maximum atomic E-state index is 5.77. The summed E-state index contributed by atoms with van der Waals surface area (Å²) < 4.78 is 0. The minimum atomic E-state index is -0.322. The lowest BCUT2D eigenvalue weighted by Gasteiger charge is -2.46. The molecule has 0 spiro atoms. The SMILES string of the molecule is C=C/C(=C(C)/C=C(\C=C)Nc1cc(N)ncn1)N(C)C1(NC)C=CC(C2CC2)C1.C=CC1=C(C)C=C(Nc2cc(N)ncn2)C(=C)N1C1(NC)C=C(C)CC1.CC. The predicted molar refractivity (Wildman–Crippen MR) is 239 cm³/mol. The molecule has 3 aliphatic carbocycles. The number of anilines is 4. The van der Waals surface area contributed by atoms with Crippen molar-refractivity contribution in [2.75, 3.05) is 43.2 Å². The molecule has 1 fully saturated rings. The molecule has 2 aromatic heterocycles. The Hall–Kier alpha value is -5.72. The van der Waals surface area contributed by atoms with Crippen LogP contribution in [0.25, 0.3) is 0 Å². The van der Waals surface area contributed by atoms with E-state index in [1.165, 1.54) is 31.1 Å². The lowest BCUT2D eigenvalue weighted by Crippen LogP contribution is -2.55. The lowest BCUT2D eigenvalue weighted by atomic mass is 9.97. The molecule has 0 bridgehead atoms. The highest BCUT2D eigenvalue weighted by molar-refractivity contribution is 5.58. The summed E-state index contributed by atoms with van der Waals surface area (Å²) in [7, 11) is 6.13. The van der Waals surface area contributed by atoms with Gasteiger partial charge in [-0.15, -0.1) is 0 Å². The van der Waals surface area contributed by atoms with Gasteiger partial charge >= 0.3 is 0 Å². The van der Waals surface area contributed by atoms with Gasteiger partial charge in [-0.05, 0) is 132 Å². The fourth-order valence-electron chi connectivity index (χ4n) is 7.68. The summed E-state index contributed by atoms with van der Waals surface area (Å²) in [5.41, 5.74) is 19.2. The summed E-state index contributed by atoms with van der Waals surface area (Å²) in [4.78, 5) is 20.8. The summed E-state index contributed by atoms with van der Waals surface area (Å²) in [5, 5.41) is 13.6. The van der Waals surface area contributed by atoms with Gasteiger partial charge in [0.2, 0.25) is 0 Å². The minimum Gasteiger partial charge on any atom is -0.384 e. The molecule has 4 aliphatic rings. The monoisotopic (exact) mass is 773 g/mol. The van der Waals surface area contributed by atoms with E-state index in [2.05, 4.69) is 129 Å². The third kappa shape index (κ3) is 10.2. The van der Waals surface area contributed by atoms with Crippen LogP contribution in [0.4, 0.5) is 23.3 Å². The Morgan fingerprint density at radius 2 is 1.61 bits per heavy atom. The summed E-state index contributed by atoms with van der Waals surface area (Å²) in [6.07, 6.45) is 25.3. The molecule has 0 aromatic carbocycles. The van der Waals surface area contributed by atoms with Crippen molar-refractivity contribution in [3.63, 3.8) is 0 Å². The first-order valence-corrected chi connectivity index (χ1v) is 19.7. The Bertz CT molecular complexity index is 2000. The molecular weight excluding hydrogens is 709 g/mol. The van der Waals surface area contributed by atoms with Crippen molar-refractivity contribution in [1.82, 2.24) is 40.4 Å². The zero-order chi connectivity index (χ0) is 41.9. The second-order valence-corrected chi connectivity index (χ2v) is 14.6. The zero-order valence-corrected chi connectivity index (χ0v) is 35.3. The van der Waals surface area contributed by atoms with Gasteiger partial charge in [0, 0.05) is 36.3 Å². The van der Waals surface area contributed by atoms with Crippen molar-refractivity contribution in [1.29, 1.82) is 0 Å². The molecule has 8 N–H and O–H groups in total. The molecule has 1 aliphatic heterocycles.